The predicted octanol–water partition coefficient (Wildman–Crippen LogP) is 6.80. The Bertz CT molecular complexity index is 1190. The molecule has 4 aromatic carbocycles. The summed E-state index contributed by atoms with van der Waals surface area (Å²) in [6, 6.07) is 35.2. The van der Waals surface area contributed by atoms with Crippen molar-refractivity contribution < 1.29 is 0 Å². The highest BCUT2D eigenvalue weighted by molar-refractivity contribution is 5.96. The summed E-state index contributed by atoms with van der Waals surface area (Å²) in [4.78, 5) is 2.42. The minimum Gasteiger partial charge on any atom is -0.310 e. The van der Waals surface area contributed by atoms with Crippen LogP contribution in [-0.4, -0.2) is 0 Å². The van der Waals surface area contributed by atoms with E-state index < -0.39 is 0 Å². The molecule has 0 fully saturated rings. The maximum Gasteiger partial charge on any atom is 0.0512 e. The Morgan fingerprint density at radius 2 is 1.19 bits per heavy atom. The Balaban J connectivity index is 1.78. The summed E-state index contributed by atoms with van der Waals surface area (Å²) in [5.41, 5.74) is 10.6. The molecule has 0 saturated heterocycles. The lowest BCUT2D eigenvalue weighted by atomic mass is 9.70. The van der Waals surface area contributed by atoms with Crippen LogP contribution in [-0.2, 0) is 5.41 Å². The van der Waals surface area contributed by atoms with E-state index in [9.17, 15) is 0 Å². The van der Waals surface area contributed by atoms with E-state index in [-0.39, 0.29) is 5.41 Å². The van der Waals surface area contributed by atoms with E-state index in [2.05, 4.69) is 109 Å². The van der Waals surface area contributed by atoms with Gasteiger partial charge in [0.25, 0.3) is 0 Å². The molecule has 1 unspecified atom stereocenters. The highest BCUT2D eigenvalue weighted by atomic mass is 15.2. The third-order valence-corrected chi connectivity index (χ3v) is 6.24. The van der Waals surface area contributed by atoms with E-state index in [0.29, 0.717) is 0 Å². The topological polar surface area (TPSA) is 3.24 Å². The molecule has 1 aliphatic heterocycles. The van der Waals surface area contributed by atoms with Gasteiger partial charge in [-0.25, -0.2) is 0 Å². The zero-order valence-corrected chi connectivity index (χ0v) is 15.2. The van der Waals surface area contributed by atoms with Crippen LogP contribution in [0.4, 0.5) is 17.1 Å². The number of anilines is 3. The number of rotatable bonds is 1. The van der Waals surface area contributed by atoms with E-state index in [1.54, 1.807) is 0 Å². The fourth-order valence-electron chi connectivity index (χ4n) is 5.12. The van der Waals surface area contributed by atoms with Crippen molar-refractivity contribution in [1.82, 2.24) is 0 Å². The molecule has 0 radical (unpaired) electrons. The number of hydrogen-bond acceptors (Lipinski definition) is 1. The number of fused-ring (bicyclic) bond motifs is 5. The van der Waals surface area contributed by atoms with E-state index >= 15 is 0 Å². The van der Waals surface area contributed by atoms with Gasteiger partial charge in [-0.2, -0.15) is 0 Å². The average Bonchev–Trinajstić information content (AvgIpc) is 3.00. The van der Waals surface area contributed by atoms with Crippen molar-refractivity contribution in [2.75, 3.05) is 4.90 Å². The second kappa shape index (κ2) is 5.11. The van der Waals surface area contributed by atoms with Crippen molar-refractivity contribution in [3.05, 3.63) is 114 Å². The van der Waals surface area contributed by atoms with Crippen LogP contribution in [0, 0.1) is 0 Å². The molecule has 0 spiro atoms. The molecule has 0 bridgehead atoms. The fourth-order valence-corrected chi connectivity index (χ4v) is 5.12. The molecule has 0 saturated carbocycles. The Labute approximate surface area is 159 Å². The number of nitrogens with zero attached hydrogens (tertiary/aromatic N) is 1. The maximum atomic E-state index is 2.42. The zero-order valence-electron chi connectivity index (χ0n) is 15.2. The van der Waals surface area contributed by atoms with Crippen molar-refractivity contribution >= 4 is 17.1 Å². The number of benzene rings is 4. The van der Waals surface area contributed by atoms with Crippen LogP contribution in [0.2, 0.25) is 0 Å². The quantitative estimate of drug-likeness (QED) is 0.366. The summed E-state index contributed by atoms with van der Waals surface area (Å²) >= 11 is 0. The fraction of sp³-hybridized carbons (Fsp3) is 0.0769. The normalized spacial score (nSPS) is 18.6. The van der Waals surface area contributed by atoms with Crippen LogP contribution >= 0.6 is 0 Å². The second-order valence-corrected chi connectivity index (χ2v) is 7.56. The van der Waals surface area contributed by atoms with Gasteiger partial charge >= 0.3 is 0 Å². The van der Waals surface area contributed by atoms with Gasteiger partial charge in [0.1, 0.15) is 0 Å². The third kappa shape index (κ3) is 1.74. The summed E-state index contributed by atoms with van der Waals surface area (Å²) in [6.07, 6.45) is 0. The lowest BCUT2D eigenvalue weighted by molar-refractivity contribution is 0.702. The van der Waals surface area contributed by atoms with E-state index in [1.807, 2.05) is 0 Å². The highest BCUT2D eigenvalue weighted by Gasteiger charge is 2.47. The average molecular weight is 345 g/mol. The van der Waals surface area contributed by atoms with Crippen LogP contribution in [0.25, 0.3) is 11.1 Å². The molecule has 6 rings (SSSR count). The summed E-state index contributed by atoms with van der Waals surface area (Å²) in [5, 5.41) is 0. The molecule has 0 aromatic heterocycles. The SMILES string of the molecule is CC12c3ccccc3-c3cccc(c31)N(c1ccccc1)c1ccccc12. The molecule has 1 heteroatoms. The zero-order chi connectivity index (χ0) is 18.0. The summed E-state index contributed by atoms with van der Waals surface area (Å²) in [7, 11) is 0. The van der Waals surface area contributed by atoms with Crippen molar-refractivity contribution in [3.63, 3.8) is 0 Å². The smallest absolute Gasteiger partial charge is 0.0512 e. The Hall–Kier alpha value is -3.32. The summed E-state index contributed by atoms with van der Waals surface area (Å²) in [6.45, 7) is 2.39. The van der Waals surface area contributed by atoms with E-state index in [0.717, 1.165) is 0 Å². The van der Waals surface area contributed by atoms with Gasteiger partial charge in [0.2, 0.25) is 0 Å². The van der Waals surface area contributed by atoms with Gasteiger partial charge in [0.15, 0.2) is 0 Å². The molecule has 2 aliphatic rings. The number of hydrogen-bond donors (Lipinski definition) is 0. The van der Waals surface area contributed by atoms with Gasteiger partial charge in [0.05, 0.1) is 11.4 Å². The first-order valence-corrected chi connectivity index (χ1v) is 9.48. The molecule has 1 aliphatic carbocycles. The maximum absolute atomic E-state index is 2.42. The molecule has 0 amide bonds. The standard InChI is InChI=1S/C26H19N/c1-26-21-14-6-5-12-19(21)20-13-9-17-24(25(20)26)27(18-10-3-2-4-11-18)23-16-8-7-15-22(23)26/h2-17H,1H3. The van der Waals surface area contributed by atoms with Gasteiger partial charge in [-0.15, -0.1) is 0 Å². The molecular weight excluding hydrogens is 326 g/mol. The minimum absolute atomic E-state index is 0.121. The van der Waals surface area contributed by atoms with E-state index in [4.69, 9.17) is 0 Å². The van der Waals surface area contributed by atoms with Crippen LogP contribution < -0.4 is 4.90 Å². The van der Waals surface area contributed by atoms with Gasteiger partial charge in [-0.05, 0) is 59.0 Å². The summed E-state index contributed by atoms with van der Waals surface area (Å²) < 4.78 is 0. The van der Waals surface area contributed by atoms with Crippen molar-refractivity contribution in [1.29, 1.82) is 0 Å². The van der Waals surface area contributed by atoms with Gasteiger partial charge in [0, 0.05) is 11.1 Å². The largest absolute Gasteiger partial charge is 0.310 e. The summed E-state index contributed by atoms with van der Waals surface area (Å²) in [5.74, 6) is 0. The molecule has 128 valence electrons. The monoisotopic (exact) mass is 345 g/mol. The molecule has 0 N–H and O–H groups in total. The van der Waals surface area contributed by atoms with Crippen molar-refractivity contribution in [2.24, 2.45) is 0 Å². The van der Waals surface area contributed by atoms with Crippen LogP contribution in [0.15, 0.2) is 97.1 Å². The van der Waals surface area contributed by atoms with Crippen LogP contribution in [0.5, 0.6) is 0 Å². The van der Waals surface area contributed by atoms with Gasteiger partial charge in [-0.3, -0.25) is 0 Å². The van der Waals surface area contributed by atoms with Crippen molar-refractivity contribution in [2.45, 2.75) is 12.3 Å². The first kappa shape index (κ1) is 14.8. The molecule has 1 heterocycles. The molecule has 1 atom stereocenters. The van der Waals surface area contributed by atoms with Crippen molar-refractivity contribution in [3.8, 4) is 11.1 Å². The van der Waals surface area contributed by atoms with Gasteiger partial charge < -0.3 is 4.90 Å². The second-order valence-electron chi connectivity index (χ2n) is 7.56. The van der Waals surface area contributed by atoms with E-state index in [1.165, 1.54) is 44.9 Å². The molecule has 4 aromatic rings. The predicted molar refractivity (Wildman–Crippen MR) is 112 cm³/mol. The van der Waals surface area contributed by atoms with Gasteiger partial charge in [-0.1, -0.05) is 72.8 Å². The lowest BCUT2D eigenvalue weighted by Gasteiger charge is -2.42. The number of para-hydroxylation sites is 2. The highest BCUT2D eigenvalue weighted by Crippen LogP contribution is 2.61. The lowest BCUT2D eigenvalue weighted by Crippen LogP contribution is -2.32. The Kier molecular flexibility index (Phi) is 2.80. The first-order valence-electron chi connectivity index (χ1n) is 9.48. The van der Waals surface area contributed by atoms with Crippen LogP contribution in [0.3, 0.4) is 0 Å². The Morgan fingerprint density at radius 3 is 2.04 bits per heavy atom. The molecular formula is C26H19N. The minimum atomic E-state index is -0.121. The van der Waals surface area contributed by atoms with Crippen LogP contribution in [0.1, 0.15) is 23.6 Å². The molecule has 1 nitrogen and oxygen atoms in total. The first-order chi connectivity index (χ1) is 13.3. The molecule has 27 heavy (non-hydrogen) atoms. The third-order valence-electron chi connectivity index (χ3n) is 6.24. The Morgan fingerprint density at radius 1 is 0.556 bits per heavy atom.